The summed E-state index contributed by atoms with van der Waals surface area (Å²) in [5.41, 5.74) is -0.0312. The van der Waals surface area contributed by atoms with E-state index in [2.05, 4.69) is 0 Å². The molecule has 0 saturated carbocycles. The van der Waals surface area contributed by atoms with Crippen molar-refractivity contribution in [2.45, 2.75) is 18.8 Å². The Morgan fingerprint density at radius 1 is 1.31 bits per heavy atom. The normalized spacial score (nSPS) is 18.5. The third-order valence-electron chi connectivity index (χ3n) is 3.12. The van der Waals surface area contributed by atoms with E-state index >= 15 is 0 Å². The van der Waals surface area contributed by atoms with Gasteiger partial charge in [-0.25, -0.2) is 4.79 Å². The van der Waals surface area contributed by atoms with E-state index in [9.17, 15) is 14.4 Å². The second kappa shape index (κ2) is 3.33. The van der Waals surface area contributed by atoms with E-state index in [0.717, 1.165) is 4.57 Å². The largest absolute Gasteiger partial charge is 0.481 e. The van der Waals surface area contributed by atoms with Gasteiger partial charge in [0.2, 0.25) is 0 Å². The first-order valence-electron chi connectivity index (χ1n) is 4.96. The van der Waals surface area contributed by atoms with E-state index in [0.29, 0.717) is 24.1 Å². The fourth-order valence-electron chi connectivity index (χ4n) is 2.27. The molecule has 0 fully saturated rings. The number of hydrogen-bond acceptors (Lipinski definition) is 3. The predicted molar refractivity (Wildman–Crippen MR) is 55.6 cm³/mol. The lowest BCUT2D eigenvalue weighted by molar-refractivity contribution is -0.138. The number of fused-ring (bicyclic) bond motifs is 1. The molecular formula is C10H12N2O4. The highest BCUT2D eigenvalue weighted by molar-refractivity contribution is 5.77. The van der Waals surface area contributed by atoms with Crippen molar-refractivity contribution in [1.29, 1.82) is 0 Å². The van der Waals surface area contributed by atoms with Crippen molar-refractivity contribution >= 4 is 5.97 Å². The number of aromatic nitrogens is 2. The van der Waals surface area contributed by atoms with Crippen molar-refractivity contribution in [2.24, 2.45) is 14.1 Å². The number of hydrogen-bond donors (Lipinski definition) is 1. The molecule has 2 rings (SSSR count). The molecule has 6 nitrogen and oxygen atoms in total. The molecule has 0 saturated heterocycles. The smallest absolute Gasteiger partial charge is 0.330 e. The van der Waals surface area contributed by atoms with Crippen LogP contribution in [0.25, 0.3) is 0 Å². The van der Waals surface area contributed by atoms with Gasteiger partial charge < -0.3 is 5.11 Å². The lowest BCUT2D eigenvalue weighted by Crippen LogP contribution is -2.40. The standard InChI is InChI=1S/C10H12N2O4/c1-11-7-5(3-4-6(7)9(14)15)8(13)12(2)10(11)16/h6H,3-4H2,1-2H3,(H,14,15). The van der Waals surface area contributed by atoms with Crippen LogP contribution in [0.3, 0.4) is 0 Å². The molecule has 1 aliphatic carbocycles. The summed E-state index contributed by atoms with van der Waals surface area (Å²) in [5, 5.41) is 9.01. The van der Waals surface area contributed by atoms with Crippen LogP contribution in [-0.2, 0) is 25.3 Å². The van der Waals surface area contributed by atoms with Gasteiger partial charge in [-0.2, -0.15) is 0 Å². The molecule has 0 bridgehead atoms. The number of aliphatic carboxylic acids is 1. The van der Waals surface area contributed by atoms with Crippen LogP contribution >= 0.6 is 0 Å². The van der Waals surface area contributed by atoms with Crippen molar-refractivity contribution in [3.05, 3.63) is 32.1 Å². The monoisotopic (exact) mass is 224 g/mol. The third-order valence-corrected chi connectivity index (χ3v) is 3.12. The summed E-state index contributed by atoms with van der Waals surface area (Å²) in [6.07, 6.45) is 0.810. The molecule has 0 spiro atoms. The molecule has 1 atom stereocenters. The van der Waals surface area contributed by atoms with Gasteiger partial charge in [0.25, 0.3) is 5.56 Å². The summed E-state index contributed by atoms with van der Waals surface area (Å²) in [4.78, 5) is 34.4. The summed E-state index contributed by atoms with van der Waals surface area (Å²) >= 11 is 0. The van der Waals surface area contributed by atoms with E-state index < -0.39 is 17.6 Å². The summed E-state index contributed by atoms with van der Waals surface area (Å²) in [6, 6.07) is 0. The van der Waals surface area contributed by atoms with E-state index in [-0.39, 0.29) is 5.56 Å². The highest BCUT2D eigenvalue weighted by Gasteiger charge is 2.33. The van der Waals surface area contributed by atoms with Gasteiger partial charge in [0.15, 0.2) is 0 Å². The van der Waals surface area contributed by atoms with Gasteiger partial charge in [0.1, 0.15) is 0 Å². The highest BCUT2D eigenvalue weighted by atomic mass is 16.4. The van der Waals surface area contributed by atoms with Gasteiger partial charge in [0.05, 0.1) is 5.92 Å². The molecule has 1 heterocycles. The summed E-state index contributed by atoms with van der Waals surface area (Å²) in [7, 11) is 2.90. The molecular weight excluding hydrogens is 212 g/mol. The lowest BCUT2D eigenvalue weighted by Gasteiger charge is -2.12. The Kier molecular flexibility index (Phi) is 2.22. The highest BCUT2D eigenvalue weighted by Crippen LogP contribution is 2.29. The van der Waals surface area contributed by atoms with Gasteiger partial charge >= 0.3 is 11.7 Å². The molecule has 16 heavy (non-hydrogen) atoms. The molecule has 1 unspecified atom stereocenters. The average molecular weight is 224 g/mol. The van der Waals surface area contributed by atoms with Gasteiger partial charge in [-0.3, -0.25) is 18.7 Å². The number of rotatable bonds is 1. The molecule has 1 aliphatic rings. The first kappa shape index (κ1) is 10.7. The maximum atomic E-state index is 11.8. The van der Waals surface area contributed by atoms with Crippen LogP contribution in [-0.4, -0.2) is 20.2 Å². The molecule has 0 aromatic carbocycles. The SMILES string of the molecule is Cn1c2c(c(=O)n(C)c1=O)CCC2C(=O)O. The third kappa shape index (κ3) is 1.22. The molecule has 86 valence electrons. The van der Waals surface area contributed by atoms with Crippen LogP contribution in [0.5, 0.6) is 0 Å². The second-order valence-corrected chi connectivity index (χ2v) is 4.00. The van der Waals surface area contributed by atoms with Crippen LogP contribution in [0, 0.1) is 0 Å². The van der Waals surface area contributed by atoms with Crippen LogP contribution in [0.2, 0.25) is 0 Å². The van der Waals surface area contributed by atoms with Crippen LogP contribution in [0.1, 0.15) is 23.6 Å². The van der Waals surface area contributed by atoms with Gasteiger partial charge in [-0.05, 0) is 12.8 Å². The molecule has 1 aromatic heterocycles. The van der Waals surface area contributed by atoms with Crippen molar-refractivity contribution in [1.82, 2.24) is 9.13 Å². The van der Waals surface area contributed by atoms with Crippen molar-refractivity contribution < 1.29 is 9.90 Å². The quantitative estimate of drug-likeness (QED) is 0.677. The van der Waals surface area contributed by atoms with E-state index in [1.807, 2.05) is 0 Å². The van der Waals surface area contributed by atoms with Crippen molar-refractivity contribution in [3.63, 3.8) is 0 Å². The Hall–Kier alpha value is -1.85. The lowest BCUT2D eigenvalue weighted by atomic mass is 10.1. The zero-order chi connectivity index (χ0) is 12.0. The number of carboxylic acids is 1. The number of carbonyl (C=O) groups is 1. The molecule has 6 heteroatoms. The van der Waals surface area contributed by atoms with Crippen LogP contribution < -0.4 is 11.2 Å². The summed E-state index contributed by atoms with van der Waals surface area (Å²) in [6.45, 7) is 0. The average Bonchev–Trinajstić information content (AvgIpc) is 2.67. The second-order valence-electron chi connectivity index (χ2n) is 4.00. The van der Waals surface area contributed by atoms with Crippen LogP contribution in [0.15, 0.2) is 9.59 Å². The number of carboxylic acid groups (broad SMARTS) is 1. The first-order chi connectivity index (χ1) is 7.45. The van der Waals surface area contributed by atoms with Gasteiger partial charge in [0, 0.05) is 25.4 Å². The van der Waals surface area contributed by atoms with Gasteiger partial charge in [-0.15, -0.1) is 0 Å². The minimum atomic E-state index is -0.984. The maximum absolute atomic E-state index is 11.8. The Bertz CT molecular complexity index is 582. The Balaban J connectivity index is 2.83. The fraction of sp³-hybridized carbons (Fsp3) is 0.500. The molecule has 1 N–H and O–H groups in total. The number of nitrogens with zero attached hydrogens (tertiary/aromatic N) is 2. The van der Waals surface area contributed by atoms with Crippen LogP contribution in [0.4, 0.5) is 0 Å². The maximum Gasteiger partial charge on any atom is 0.330 e. The Labute approximate surface area is 90.8 Å². The molecule has 0 aliphatic heterocycles. The van der Waals surface area contributed by atoms with Gasteiger partial charge in [-0.1, -0.05) is 0 Å². The molecule has 1 aromatic rings. The predicted octanol–water partition coefficient (Wildman–Crippen LogP) is -0.802. The van der Waals surface area contributed by atoms with Crippen molar-refractivity contribution in [2.75, 3.05) is 0 Å². The van der Waals surface area contributed by atoms with Crippen molar-refractivity contribution in [3.8, 4) is 0 Å². The van der Waals surface area contributed by atoms with E-state index in [4.69, 9.17) is 5.11 Å². The van der Waals surface area contributed by atoms with E-state index in [1.54, 1.807) is 0 Å². The first-order valence-corrected chi connectivity index (χ1v) is 4.96. The van der Waals surface area contributed by atoms with E-state index in [1.165, 1.54) is 18.7 Å². The fourth-order valence-corrected chi connectivity index (χ4v) is 2.27. The topological polar surface area (TPSA) is 81.3 Å². The minimum absolute atomic E-state index is 0.362. The minimum Gasteiger partial charge on any atom is -0.481 e. The summed E-state index contributed by atoms with van der Waals surface area (Å²) in [5.74, 6) is -1.72. The Morgan fingerprint density at radius 2 is 1.94 bits per heavy atom. The zero-order valence-electron chi connectivity index (χ0n) is 9.06. The molecule has 0 radical (unpaired) electrons. The molecule has 0 amide bonds. The Morgan fingerprint density at radius 3 is 2.50 bits per heavy atom. The summed E-state index contributed by atoms with van der Waals surface area (Å²) < 4.78 is 2.28. The zero-order valence-corrected chi connectivity index (χ0v) is 9.06.